The van der Waals surface area contributed by atoms with Gasteiger partial charge in [-0.1, -0.05) is 24.3 Å². The number of rotatable bonds is 3. The summed E-state index contributed by atoms with van der Waals surface area (Å²) >= 11 is 1.64. The number of aromatic nitrogens is 1. The molecule has 22 heavy (non-hydrogen) atoms. The van der Waals surface area contributed by atoms with Crippen LogP contribution >= 0.6 is 11.3 Å². The summed E-state index contributed by atoms with van der Waals surface area (Å²) in [6.45, 7) is 8.13. The van der Waals surface area contributed by atoms with E-state index in [2.05, 4.69) is 17.1 Å². The van der Waals surface area contributed by atoms with E-state index in [1.807, 2.05) is 45.3 Å². The first-order chi connectivity index (χ1) is 10.3. The Balaban J connectivity index is 2.02. The molecule has 0 bridgehead atoms. The number of benzene rings is 1. The number of carbonyl (C=O) groups excluding carboxylic acids is 1. The second-order valence-corrected chi connectivity index (χ2v) is 7.15. The van der Waals surface area contributed by atoms with E-state index in [1.54, 1.807) is 23.3 Å². The van der Waals surface area contributed by atoms with Crippen molar-refractivity contribution in [1.82, 2.24) is 9.88 Å². The van der Waals surface area contributed by atoms with Gasteiger partial charge < -0.3 is 9.64 Å². The van der Waals surface area contributed by atoms with Crippen molar-refractivity contribution in [2.45, 2.75) is 39.8 Å². The highest BCUT2D eigenvalue weighted by molar-refractivity contribution is 7.13. The van der Waals surface area contributed by atoms with E-state index in [4.69, 9.17) is 4.74 Å². The molecule has 2 aromatic rings. The van der Waals surface area contributed by atoms with E-state index >= 15 is 0 Å². The molecule has 0 fully saturated rings. The second-order valence-electron chi connectivity index (χ2n) is 6.30. The highest BCUT2D eigenvalue weighted by atomic mass is 32.1. The number of amides is 1. The van der Waals surface area contributed by atoms with Crippen molar-refractivity contribution in [1.29, 1.82) is 0 Å². The Hall–Kier alpha value is -1.88. The maximum atomic E-state index is 12.0. The molecule has 0 atom stereocenters. The molecule has 1 aromatic carbocycles. The van der Waals surface area contributed by atoms with Crippen LogP contribution in [0.1, 0.15) is 32.0 Å². The van der Waals surface area contributed by atoms with Gasteiger partial charge in [-0.2, -0.15) is 0 Å². The smallest absolute Gasteiger partial charge is 0.410 e. The molecule has 0 unspecified atom stereocenters. The van der Waals surface area contributed by atoms with Gasteiger partial charge in [-0.3, -0.25) is 0 Å². The van der Waals surface area contributed by atoms with Crippen LogP contribution in [-0.4, -0.2) is 28.6 Å². The molecule has 4 nitrogen and oxygen atoms in total. The van der Waals surface area contributed by atoms with Gasteiger partial charge in [0, 0.05) is 13.6 Å². The number of carbonyl (C=O) groups is 1. The predicted molar refractivity (Wildman–Crippen MR) is 90.0 cm³/mol. The third-order valence-corrected chi connectivity index (χ3v) is 4.06. The average Bonchev–Trinajstić information content (AvgIpc) is 2.84. The van der Waals surface area contributed by atoms with Gasteiger partial charge in [0.05, 0.1) is 16.1 Å². The van der Waals surface area contributed by atoms with E-state index in [-0.39, 0.29) is 6.09 Å². The zero-order chi connectivity index (χ0) is 16.3. The molecule has 0 saturated heterocycles. The summed E-state index contributed by atoms with van der Waals surface area (Å²) < 4.78 is 5.35. The second kappa shape index (κ2) is 6.48. The van der Waals surface area contributed by atoms with Gasteiger partial charge in [-0.15, -0.1) is 11.3 Å². The first kappa shape index (κ1) is 16.5. The molecule has 5 heteroatoms. The molecule has 0 aliphatic heterocycles. The third kappa shape index (κ3) is 4.31. The molecule has 1 amide bonds. The molecule has 1 aromatic heterocycles. The van der Waals surface area contributed by atoms with E-state index in [0.29, 0.717) is 6.54 Å². The number of aryl methyl sites for hydroxylation is 1. The van der Waals surface area contributed by atoms with Crippen molar-refractivity contribution >= 4 is 17.4 Å². The van der Waals surface area contributed by atoms with Crippen LogP contribution in [0.25, 0.3) is 10.4 Å². The molecule has 0 spiro atoms. The minimum absolute atomic E-state index is 0.310. The standard InChI is InChI=1S/C17H22N2O2S/c1-12-15(22-11-18-12)14-8-6-13(7-9-14)10-19(5)16(20)21-17(2,3)4/h6-9,11H,10H2,1-5H3. The molecule has 2 rings (SSSR count). The number of ether oxygens (including phenoxy) is 1. The van der Waals surface area contributed by atoms with Gasteiger partial charge in [0.15, 0.2) is 0 Å². The van der Waals surface area contributed by atoms with E-state index in [1.165, 1.54) is 4.88 Å². The van der Waals surface area contributed by atoms with Crippen molar-refractivity contribution < 1.29 is 9.53 Å². The molecule has 0 N–H and O–H groups in total. The molecule has 0 radical (unpaired) electrons. The Morgan fingerprint density at radius 1 is 1.27 bits per heavy atom. The number of nitrogens with zero attached hydrogens (tertiary/aromatic N) is 2. The maximum absolute atomic E-state index is 12.0. The Bertz CT molecular complexity index is 641. The highest BCUT2D eigenvalue weighted by Gasteiger charge is 2.19. The van der Waals surface area contributed by atoms with Gasteiger partial charge in [0.25, 0.3) is 0 Å². The fourth-order valence-electron chi connectivity index (χ4n) is 2.02. The van der Waals surface area contributed by atoms with Crippen molar-refractivity contribution in [3.05, 3.63) is 41.0 Å². The molecular weight excluding hydrogens is 296 g/mol. The summed E-state index contributed by atoms with van der Waals surface area (Å²) in [4.78, 5) is 19.0. The number of thiazole rings is 1. The minimum atomic E-state index is -0.473. The van der Waals surface area contributed by atoms with E-state index < -0.39 is 5.60 Å². The predicted octanol–water partition coefficient (Wildman–Crippen LogP) is 4.49. The lowest BCUT2D eigenvalue weighted by atomic mass is 10.1. The van der Waals surface area contributed by atoms with Crippen molar-refractivity contribution in [3.8, 4) is 10.4 Å². The Morgan fingerprint density at radius 2 is 1.91 bits per heavy atom. The van der Waals surface area contributed by atoms with Crippen LogP contribution in [0.5, 0.6) is 0 Å². The molecule has 1 heterocycles. The van der Waals surface area contributed by atoms with Gasteiger partial charge in [-0.25, -0.2) is 9.78 Å². The fourth-order valence-corrected chi connectivity index (χ4v) is 2.83. The first-order valence-corrected chi connectivity index (χ1v) is 8.08. The molecule has 0 saturated carbocycles. The number of hydrogen-bond acceptors (Lipinski definition) is 4. The topological polar surface area (TPSA) is 42.4 Å². The normalized spacial score (nSPS) is 11.3. The quantitative estimate of drug-likeness (QED) is 0.837. The largest absolute Gasteiger partial charge is 0.444 e. The maximum Gasteiger partial charge on any atom is 0.410 e. The molecule has 0 aliphatic carbocycles. The minimum Gasteiger partial charge on any atom is -0.444 e. The summed E-state index contributed by atoms with van der Waals surface area (Å²) in [6.07, 6.45) is -0.310. The lowest BCUT2D eigenvalue weighted by Crippen LogP contribution is -2.33. The van der Waals surface area contributed by atoms with Gasteiger partial charge in [0.2, 0.25) is 0 Å². The van der Waals surface area contributed by atoms with E-state index in [0.717, 1.165) is 16.8 Å². The first-order valence-electron chi connectivity index (χ1n) is 7.20. The highest BCUT2D eigenvalue weighted by Crippen LogP contribution is 2.27. The zero-order valence-corrected chi connectivity index (χ0v) is 14.5. The van der Waals surface area contributed by atoms with Crippen molar-refractivity contribution in [2.75, 3.05) is 7.05 Å². The van der Waals surface area contributed by atoms with Crippen molar-refractivity contribution in [2.24, 2.45) is 0 Å². The van der Waals surface area contributed by atoms with Crippen LogP contribution in [0.2, 0.25) is 0 Å². The van der Waals surface area contributed by atoms with Crippen LogP contribution in [0, 0.1) is 6.92 Å². The van der Waals surface area contributed by atoms with Gasteiger partial charge in [0.1, 0.15) is 5.60 Å². The number of hydrogen-bond donors (Lipinski definition) is 0. The molecule has 118 valence electrons. The van der Waals surface area contributed by atoms with Crippen LogP contribution in [0.4, 0.5) is 4.79 Å². The lowest BCUT2D eigenvalue weighted by molar-refractivity contribution is 0.0285. The third-order valence-electron chi connectivity index (χ3n) is 3.09. The Labute approximate surface area is 135 Å². The van der Waals surface area contributed by atoms with E-state index in [9.17, 15) is 4.79 Å². The SMILES string of the molecule is Cc1ncsc1-c1ccc(CN(C)C(=O)OC(C)(C)C)cc1. The summed E-state index contributed by atoms with van der Waals surface area (Å²) in [7, 11) is 1.75. The van der Waals surface area contributed by atoms with Gasteiger partial charge in [-0.05, 0) is 38.8 Å². The van der Waals surface area contributed by atoms with Crippen LogP contribution < -0.4 is 0 Å². The fraction of sp³-hybridized carbons (Fsp3) is 0.412. The summed E-state index contributed by atoms with van der Waals surface area (Å²) in [6, 6.07) is 8.21. The zero-order valence-electron chi connectivity index (χ0n) is 13.7. The van der Waals surface area contributed by atoms with Gasteiger partial charge >= 0.3 is 6.09 Å². The molecule has 0 aliphatic rings. The lowest BCUT2D eigenvalue weighted by Gasteiger charge is -2.24. The monoisotopic (exact) mass is 318 g/mol. The van der Waals surface area contributed by atoms with Crippen LogP contribution in [0.3, 0.4) is 0 Å². The Kier molecular flexibility index (Phi) is 4.86. The molecular formula is C17H22N2O2S. The average molecular weight is 318 g/mol. The summed E-state index contributed by atoms with van der Waals surface area (Å²) in [5.74, 6) is 0. The van der Waals surface area contributed by atoms with Crippen molar-refractivity contribution in [3.63, 3.8) is 0 Å². The Morgan fingerprint density at radius 3 is 2.41 bits per heavy atom. The van der Waals surface area contributed by atoms with Crippen LogP contribution in [-0.2, 0) is 11.3 Å². The summed E-state index contributed by atoms with van der Waals surface area (Å²) in [5.41, 5.74) is 4.65. The summed E-state index contributed by atoms with van der Waals surface area (Å²) in [5, 5.41) is 0. The van der Waals surface area contributed by atoms with Crippen LogP contribution in [0.15, 0.2) is 29.8 Å².